The second-order valence-electron chi connectivity index (χ2n) is 7.29. The van der Waals surface area contributed by atoms with Crippen LogP contribution in [0.3, 0.4) is 0 Å². The average molecular weight is 413 g/mol. The molecule has 0 aromatic heterocycles. The molecule has 0 fully saturated rings. The van der Waals surface area contributed by atoms with E-state index in [0.29, 0.717) is 18.7 Å². The quantitative estimate of drug-likeness (QED) is 0.413. The Labute approximate surface area is 175 Å². The van der Waals surface area contributed by atoms with E-state index in [1.54, 1.807) is 18.2 Å². The van der Waals surface area contributed by atoms with E-state index in [9.17, 15) is 13.2 Å². The molecule has 0 heterocycles. The van der Waals surface area contributed by atoms with Gasteiger partial charge in [0, 0.05) is 19.7 Å². The minimum atomic E-state index is -4.37. The van der Waals surface area contributed by atoms with Crippen LogP contribution in [0.15, 0.2) is 78.9 Å². The molecule has 30 heavy (non-hydrogen) atoms. The Morgan fingerprint density at radius 2 is 1.50 bits per heavy atom. The van der Waals surface area contributed by atoms with Crippen LogP contribution in [0.4, 0.5) is 13.2 Å². The van der Waals surface area contributed by atoms with Gasteiger partial charge in [0.05, 0.1) is 11.7 Å². The lowest BCUT2D eigenvalue weighted by molar-refractivity contribution is -0.137. The van der Waals surface area contributed by atoms with E-state index in [-0.39, 0.29) is 11.7 Å². The number of nitrogens with zero attached hydrogens (tertiary/aromatic N) is 1. The number of alkyl halides is 3. The van der Waals surface area contributed by atoms with E-state index < -0.39 is 11.7 Å². The van der Waals surface area contributed by atoms with Crippen molar-refractivity contribution < 1.29 is 17.9 Å². The van der Waals surface area contributed by atoms with Crippen molar-refractivity contribution in [2.75, 3.05) is 20.2 Å². The molecule has 1 unspecified atom stereocenters. The van der Waals surface area contributed by atoms with Gasteiger partial charge in [-0.2, -0.15) is 13.2 Å². The highest BCUT2D eigenvalue weighted by atomic mass is 19.4. The molecule has 0 aliphatic rings. The van der Waals surface area contributed by atoms with Crippen LogP contribution < -0.4 is 0 Å². The van der Waals surface area contributed by atoms with E-state index in [2.05, 4.69) is 17.0 Å². The maximum atomic E-state index is 13.3. The second kappa shape index (κ2) is 9.92. The lowest BCUT2D eigenvalue weighted by Crippen LogP contribution is -2.25. The van der Waals surface area contributed by atoms with Crippen LogP contribution in [0.1, 0.15) is 29.7 Å². The van der Waals surface area contributed by atoms with Crippen molar-refractivity contribution in [3.8, 4) is 11.1 Å². The van der Waals surface area contributed by atoms with Crippen molar-refractivity contribution in [1.82, 2.24) is 4.90 Å². The fourth-order valence-corrected chi connectivity index (χ4v) is 3.55. The van der Waals surface area contributed by atoms with Gasteiger partial charge in [-0.25, -0.2) is 0 Å². The number of rotatable bonds is 8. The Morgan fingerprint density at radius 3 is 2.13 bits per heavy atom. The predicted molar refractivity (Wildman–Crippen MR) is 114 cm³/mol. The summed E-state index contributed by atoms with van der Waals surface area (Å²) < 4.78 is 45.8. The van der Waals surface area contributed by atoms with Crippen molar-refractivity contribution >= 4 is 0 Å². The Bertz CT molecular complexity index is 923. The van der Waals surface area contributed by atoms with E-state index >= 15 is 0 Å². The van der Waals surface area contributed by atoms with E-state index in [0.717, 1.165) is 23.7 Å². The van der Waals surface area contributed by atoms with Gasteiger partial charge in [0.2, 0.25) is 0 Å². The number of benzene rings is 3. The molecule has 158 valence electrons. The van der Waals surface area contributed by atoms with Gasteiger partial charge in [-0.15, -0.1) is 0 Å². The summed E-state index contributed by atoms with van der Waals surface area (Å²) in [5.74, 6) is 0. The van der Waals surface area contributed by atoms with Crippen LogP contribution in [0.5, 0.6) is 0 Å². The Balaban J connectivity index is 1.70. The minimum absolute atomic E-state index is 0.0286. The minimum Gasteiger partial charge on any atom is -0.372 e. The monoisotopic (exact) mass is 413 g/mol. The van der Waals surface area contributed by atoms with Crippen molar-refractivity contribution in [2.45, 2.75) is 25.7 Å². The SMILES string of the molecule is CCOC(CN(C)Cc1ccc(-c2ccccc2C(F)(F)F)cc1)c1ccccc1. The summed E-state index contributed by atoms with van der Waals surface area (Å²) >= 11 is 0. The molecule has 0 N–H and O–H groups in total. The maximum absolute atomic E-state index is 13.3. The number of ether oxygens (including phenoxy) is 1. The Morgan fingerprint density at radius 1 is 0.867 bits per heavy atom. The summed E-state index contributed by atoms with van der Waals surface area (Å²) in [4.78, 5) is 2.16. The van der Waals surface area contributed by atoms with E-state index in [1.165, 1.54) is 12.1 Å². The van der Waals surface area contributed by atoms with Crippen LogP contribution in [0.25, 0.3) is 11.1 Å². The fraction of sp³-hybridized carbons (Fsp3) is 0.280. The Kier molecular flexibility index (Phi) is 7.29. The maximum Gasteiger partial charge on any atom is 0.417 e. The van der Waals surface area contributed by atoms with Crippen molar-refractivity contribution in [2.24, 2.45) is 0 Å². The fourth-order valence-electron chi connectivity index (χ4n) is 3.55. The molecule has 0 radical (unpaired) electrons. The highest BCUT2D eigenvalue weighted by Gasteiger charge is 2.33. The Hall–Kier alpha value is -2.63. The van der Waals surface area contributed by atoms with Crippen LogP contribution in [0, 0.1) is 0 Å². The highest BCUT2D eigenvalue weighted by molar-refractivity contribution is 5.68. The van der Waals surface area contributed by atoms with Gasteiger partial charge in [0.15, 0.2) is 0 Å². The number of hydrogen-bond donors (Lipinski definition) is 0. The van der Waals surface area contributed by atoms with Crippen LogP contribution in [0.2, 0.25) is 0 Å². The second-order valence-corrected chi connectivity index (χ2v) is 7.29. The summed E-state index contributed by atoms with van der Waals surface area (Å²) in [6, 6.07) is 23.0. The van der Waals surface area contributed by atoms with Gasteiger partial charge in [0.25, 0.3) is 0 Å². The molecule has 3 aromatic carbocycles. The summed E-state index contributed by atoms with van der Waals surface area (Å²) in [6.45, 7) is 4.00. The molecule has 0 amide bonds. The van der Waals surface area contributed by atoms with Gasteiger partial charge >= 0.3 is 6.18 Å². The first-order chi connectivity index (χ1) is 14.4. The summed E-state index contributed by atoms with van der Waals surface area (Å²) in [7, 11) is 2.02. The molecule has 1 atom stereocenters. The van der Waals surface area contributed by atoms with E-state index in [1.807, 2.05) is 44.3 Å². The molecule has 5 heteroatoms. The molecule has 0 saturated heterocycles. The summed E-state index contributed by atoms with van der Waals surface area (Å²) in [5.41, 5.74) is 2.31. The molecule has 0 aliphatic heterocycles. The van der Waals surface area contributed by atoms with Crippen LogP contribution in [-0.4, -0.2) is 25.1 Å². The lowest BCUT2D eigenvalue weighted by Gasteiger charge is -2.24. The molecule has 0 saturated carbocycles. The zero-order valence-electron chi connectivity index (χ0n) is 17.2. The van der Waals surface area contributed by atoms with Gasteiger partial charge < -0.3 is 4.74 Å². The number of likely N-dealkylation sites (N-methyl/N-ethyl adjacent to an activating group) is 1. The smallest absolute Gasteiger partial charge is 0.372 e. The normalized spacial score (nSPS) is 12.9. The van der Waals surface area contributed by atoms with Gasteiger partial charge in [0.1, 0.15) is 0 Å². The molecule has 2 nitrogen and oxygen atoms in total. The molecule has 0 bridgehead atoms. The zero-order valence-corrected chi connectivity index (χ0v) is 17.2. The van der Waals surface area contributed by atoms with Crippen molar-refractivity contribution in [3.05, 3.63) is 95.6 Å². The molecular weight excluding hydrogens is 387 g/mol. The molecule has 3 aromatic rings. The predicted octanol–water partition coefficient (Wildman–Crippen LogP) is 6.58. The average Bonchev–Trinajstić information content (AvgIpc) is 2.74. The van der Waals surface area contributed by atoms with Gasteiger partial charge in [-0.1, -0.05) is 72.8 Å². The first kappa shape index (κ1) is 22.1. The van der Waals surface area contributed by atoms with Gasteiger partial charge in [-0.3, -0.25) is 4.90 Å². The van der Waals surface area contributed by atoms with Gasteiger partial charge in [-0.05, 0) is 42.3 Å². The largest absolute Gasteiger partial charge is 0.417 e. The summed E-state index contributed by atoms with van der Waals surface area (Å²) in [5, 5.41) is 0. The van der Waals surface area contributed by atoms with Crippen LogP contribution in [-0.2, 0) is 17.5 Å². The van der Waals surface area contributed by atoms with Crippen molar-refractivity contribution in [3.63, 3.8) is 0 Å². The standard InChI is InChI=1S/C25H26F3NO/c1-3-30-24(21-9-5-4-6-10-21)18-29(2)17-19-13-15-20(16-14-19)22-11-7-8-12-23(22)25(26,27)28/h4-16,24H,3,17-18H2,1-2H3. The van der Waals surface area contributed by atoms with Crippen molar-refractivity contribution in [1.29, 1.82) is 0 Å². The molecular formula is C25H26F3NO. The third kappa shape index (κ3) is 5.71. The molecule has 0 aliphatic carbocycles. The topological polar surface area (TPSA) is 12.5 Å². The first-order valence-electron chi connectivity index (χ1n) is 9.99. The zero-order chi connectivity index (χ0) is 21.6. The third-order valence-corrected chi connectivity index (χ3v) is 4.97. The first-order valence-corrected chi connectivity index (χ1v) is 9.99. The summed E-state index contributed by atoms with van der Waals surface area (Å²) in [6.07, 6.45) is -4.40. The molecule has 0 spiro atoms. The molecule has 3 rings (SSSR count). The highest BCUT2D eigenvalue weighted by Crippen LogP contribution is 2.36. The van der Waals surface area contributed by atoms with Crippen LogP contribution >= 0.6 is 0 Å². The van der Waals surface area contributed by atoms with E-state index in [4.69, 9.17) is 4.74 Å². The number of halogens is 3. The third-order valence-electron chi connectivity index (χ3n) is 4.97. The lowest BCUT2D eigenvalue weighted by atomic mass is 9.98. The number of hydrogen-bond acceptors (Lipinski definition) is 2.